The molecule has 1 aliphatic rings. The van der Waals surface area contributed by atoms with Gasteiger partial charge in [-0.2, -0.15) is 0 Å². The molecule has 9 heteroatoms. The number of benzene rings is 1. The molecule has 0 aliphatic carbocycles. The molecule has 0 amide bonds. The first kappa shape index (κ1) is 17.4. The molecule has 5 atom stereocenters. The van der Waals surface area contributed by atoms with Gasteiger partial charge in [-0.15, -0.1) is 0 Å². The Morgan fingerprint density at radius 1 is 1.17 bits per heavy atom. The molecular formula is C14H18O9. The average molecular weight is 330 g/mol. The van der Waals surface area contributed by atoms with Gasteiger partial charge in [-0.1, -0.05) is 0 Å². The van der Waals surface area contributed by atoms with E-state index in [9.17, 15) is 30.3 Å². The third-order valence-corrected chi connectivity index (χ3v) is 3.72. The zero-order valence-electron chi connectivity index (χ0n) is 12.2. The third-order valence-electron chi connectivity index (χ3n) is 3.72. The standard InChI is InChI=1S/C14H18O9/c1-5-7(17)2-8(18)6(3-15)13(5)23-14-12(21)11(20)10(19)9(4-16)22-14/h2-3,9-12,14,16-21H,4H2,1H3/t9-,10-,11+,12-,14+/m1/s1. The lowest BCUT2D eigenvalue weighted by molar-refractivity contribution is -0.277. The predicted molar refractivity (Wildman–Crippen MR) is 74.3 cm³/mol. The number of carbonyl (C=O) groups excluding carboxylic acids is 1. The Morgan fingerprint density at radius 3 is 2.39 bits per heavy atom. The van der Waals surface area contributed by atoms with E-state index in [2.05, 4.69) is 0 Å². The zero-order chi connectivity index (χ0) is 17.3. The Labute approximate surface area is 130 Å². The largest absolute Gasteiger partial charge is 0.507 e. The molecule has 2 rings (SSSR count). The smallest absolute Gasteiger partial charge is 0.229 e. The van der Waals surface area contributed by atoms with Crippen molar-refractivity contribution in [3.63, 3.8) is 0 Å². The normalized spacial score (nSPS) is 30.9. The molecule has 1 aromatic rings. The summed E-state index contributed by atoms with van der Waals surface area (Å²) in [5, 5.41) is 57.8. The number of aldehydes is 1. The molecule has 0 bridgehead atoms. The van der Waals surface area contributed by atoms with Gasteiger partial charge in [0.2, 0.25) is 6.29 Å². The molecule has 1 heterocycles. The van der Waals surface area contributed by atoms with Crippen LogP contribution in [0.5, 0.6) is 17.2 Å². The third kappa shape index (κ3) is 3.09. The summed E-state index contributed by atoms with van der Waals surface area (Å²) in [4.78, 5) is 11.1. The van der Waals surface area contributed by atoms with Gasteiger partial charge in [0.05, 0.1) is 12.2 Å². The Morgan fingerprint density at radius 2 is 1.83 bits per heavy atom. The minimum atomic E-state index is -1.68. The van der Waals surface area contributed by atoms with Crippen LogP contribution in [0.25, 0.3) is 0 Å². The van der Waals surface area contributed by atoms with E-state index in [1.54, 1.807) is 0 Å². The van der Waals surface area contributed by atoms with E-state index in [0.717, 1.165) is 6.07 Å². The molecule has 0 saturated carbocycles. The van der Waals surface area contributed by atoms with Crippen molar-refractivity contribution in [1.29, 1.82) is 0 Å². The molecule has 0 spiro atoms. The lowest BCUT2D eigenvalue weighted by Gasteiger charge is -2.39. The highest BCUT2D eigenvalue weighted by Crippen LogP contribution is 2.38. The van der Waals surface area contributed by atoms with Crippen molar-refractivity contribution < 1.29 is 44.9 Å². The number of hydrogen-bond acceptors (Lipinski definition) is 9. The summed E-state index contributed by atoms with van der Waals surface area (Å²) < 4.78 is 10.5. The number of hydrogen-bond donors (Lipinski definition) is 6. The van der Waals surface area contributed by atoms with Crippen LogP contribution in [0.4, 0.5) is 0 Å². The molecule has 0 unspecified atom stereocenters. The first-order chi connectivity index (χ1) is 10.8. The maximum absolute atomic E-state index is 11.1. The topological polar surface area (TPSA) is 157 Å². The second-order valence-electron chi connectivity index (χ2n) is 5.22. The molecule has 23 heavy (non-hydrogen) atoms. The van der Waals surface area contributed by atoms with Crippen LogP contribution < -0.4 is 4.74 Å². The van der Waals surface area contributed by atoms with Crippen molar-refractivity contribution in [2.45, 2.75) is 37.6 Å². The van der Waals surface area contributed by atoms with Gasteiger partial charge >= 0.3 is 0 Å². The van der Waals surface area contributed by atoms with Crippen LogP contribution in [-0.2, 0) is 4.74 Å². The molecule has 6 N–H and O–H groups in total. The van der Waals surface area contributed by atoms with Crippen LogP contribution in [0.2, 0.25) is 0 Å². The van der Waals surface area contributed by atoms with Crippen molar-refractivity contribution in [2.24, 2.45) is 0 Å². The van der Waals surface area contributed by atoms with Crippen molar-refractivity contribution in [3.8, 4) is 17.2 Å². The summed E-state index contributed by atoms with van der Waals surface area (Å²) in [7, 11) is 0. The average Bonchev–Trinajstić information content (AvgIpc) is 2.52. The van der Waals surface area contributed by atoms with Gasteiger partial charge in [-0.25, -0.2) is 0 Å². The molecule has 1 fully saturated rings. The molecule has 0 aromatic heterocycles. The molecule has 9 nitrogen and oxygen atoms in total. The summed E-state index contributed by atoms with van der Waals surface area (Å²) in [6.45, 7) is 0.761. The van der Waals surface area contributed by atoms with Gasteiger partial charge < -0.3 is 40.1 Å². The van der Waals surface area contributed by atoms with Crippen LogP contribution >= 0.6 is 0 Å². The zero-order valence-corrected chi connectivity index (χ0v) is 12.2. The Bertz CT molecular complexity index is 586. The summed E-state index contributed by atoms with van der Waals surface area (Å²) in [5.41, 5.74) is -0.181. The molecule has 0 radical (unpaired) electrons. The number of aliphatic hydroxyl groups excluding tert-OH is 4. The molecule has 128 valence electrons. The molecule has 1 aromatic carbocycles. The number of phenols is 2. The Balaban J connectivity index is 2.36. The fourth-order valence-corrected chi connectivity index (χ4v) is 2.30. The number of rotatable bonds is 4. The van der Waals surface area contributed by atoms with Crippen LogP contribution in [0.1, 0.15) is 15.9 Å². The van der Waals surface area contributed by atoms with Crippen LogP contribution in [0, 0.1) is 6.92 Å². The minimum Gasteiger partial charge on any atom is -0.507 e. The highest BCUT2D eigenvalue weighted by Gasteiger charge is 2.45. The van der Waals surface area contributed by atoms with E-state index in [4.69, 9.17) is 14.6 Å². The maximum Gasteiger partial charge on any atom is 0.229 e. The Hall–Kier alpha value is -1.91. The fourth-order valence-electron chi connectivity index (χ4n) is 2.30. The summed E-state index contributed by atoms with van der Waals surface area (Å²) in [6.07, 6.45) is -7.33. The van der Waals surface area contributed by atoms with Crippen molar-refractivity contribution in [3.05, 3.63) is 17.2 Å². The highest BCUT2D eigenvalue weighted by atomic mass is 16.7. The van der Waals surface area contributed by atoms with Crippen LogP contribution in [0.3, 0.4) is 0 Å². The monoisotopic (exact) mass is 330 g/mol. The van der Waals surface area contributed by atoms with Gasteiger partial charge in [-0.05, 0) is 6.92 Å². The number of ether oxygens (including phenoxy) is 2. The van der Waals surface area contributed by atoms with Gasteiger partial charge in [-0.3, -0.25) is 4.79 Å². The van der Waals surface area contributed by atoms with Gasteiger partial charge in [0.25, 0.3) is 0 Å². The van der Waals surface area contributed by atoms with Crippen molar-refractivity contribution in [1.82, 2.24) is 0 Å². The van der Waals surface area contributed by atoms with Crippen molar-refractivity contribution >= 4 is 6.29 Å². The molecule has 1 saturated heterocycles. The van der Waals surface area contributed by atoms with Gasteiger partial charge in [0, 0.05) is 11.6 Å². The SMILES string of the molecule is Cc1c(O)cc(O)c(C=O)c1O[C@@H]1O[C@H](CO)[C@@H](O)[C@H](O)[C@H]1O. The van der Waals surface area contributed by atoms with Crippen LogP contribution in [-0.4, -0.2) is 74.2 Å². The second-order valence-corrected chi connectivity index (χ2v) is 5.22. The number of phenolic OH excluding ortho intramolecular Hbond substituents is 2. The van der Waals surface area contributed by atoms with E-state index in [1.165, 1.54) is 6.92 Å². The van der Waals surface area contributed by atoms with E-state index in [1.807, 2.05) is 0 Å². The van der Waals surface area contributed by atoms with E-state index < -0.39 is 43.1 Å². The first-order valence-electron chi connectivity index (χ1n) is 6.79. The quantitative estimate of drug-likeness (QED) is 0.358. The lowest BCUT2D eigenvalue weighted by Crippen LogP contribution is -2.60. The minimum absolute atomic E-state index is 0.0989. The second kappa shape index (κ2) is 6.69. The number of carbonyl (C=O) groups is 1. The molecule has 1 aliphatic heterocycles. The number of aliphatic hydroxyl groups is 4. The summed E-state index contributed by atoms with van der Waals surface area (Å²) in [5.74, 6) is -1.14. The Kier molecular flexibility index (Phi) is 5.07. The van der Waals surface area contributed by atoms with E-state index >= 15 is 0 Å². The van der Waals surface area contributed by atoms with Gasteiger partial charge in [0.1, 0.15) is 41.7 Å². The lowest BCUT2D eigenvalue weighted by atomic mass is 9.99. The van der Waals surface area contributed by atoms with E-state index in [-0.39, 0.29) is 22.6 Å². The highest BCUT2D eigenvalue weighted by molar-refractivity contribution is 5.85. The predicted octanol–water partition coefficient (Wildman–Crippen LogP) is -1.60. The summed E-state index contributed by atoms with van der Waals surface area (Å²) in [6, 6.07) is 0.958. The molecular weight excluding hydrogens is 312 g/mol. The van der Waals surface area contributed by atoms with Crippen molar-refractivity contribution in [2.75, 3.05) is 6.61 Å². The maximum atomic E-state index is 11.1. The number of aromatic hydroxyl groups is 2. The van der Waals surface area contributed by atoms with Crippen LogP contribution in [0.15, 0.2) is 6.07 Å². The van der Waals surface area contributed by atoms with Gasteiger partial charge in [0.15, 0.2) is 6.29 Å². The summed E-state index contributed by atoms with van der Waals surface area (Å²) >= 11 is 0. The first-order valence-corrected chi connectivity index (χ1v) is 6.79. The van der Waals surface area contributed by atoms with E-state index in [0.29, 0.717) is 6.29 Å². The fraction of sp³-hybridized carbons (Fsp3) is 0.500.